The molecule has 0 aliphatic rings. The highest BCUT2D eigenvalue weighted by Gasteiger charge is 2.20. The minimum absolute atomic E-state index is 0.0295. The normalized spacial score (nSPS) is 11.2. The average Bonchev–Trinajstić information content (AvgIpc) is 2.29. The van der Waals surface area contributed by atoms with Crippen LogP contribution in [0.2, 0.25) is 0 Å². The number of benzene rings is 1. The molecule has 0 aliphatic heterocycles. The van der Waals surface area contributed by atoms with Gasteiger partial charge >= 0.3 is 0 Å². The van der Waals surface area contributed by atoms with Crippen LogP contribution >= 0.6 is 0 Å². The predicted octanol–water partition coefficient (Wildman–Crippen LogP) is 2.59. The highest BCUT2D eigenvalue weighted by atomic mass is 16.3. The van der Waals surface area contributed by atoms with Gasteiger partial charge in [-0.1, -0.05) is 26.0 Å². The van der Waals surface area contributed by atoms with Gasteiger partial charge in [0.15, 0.2) is 0 Å². The van der Waals surface area contributed by atoms with Crippen molar-refractivity contribution in [3.63, 3.8) is 0 Å². The number of carbonyl (C=O) groups is 1. The molecule has 1 rings (SSSR count). The number of rotatable bonds is 5. The van der Waals surface area contributed by atoms with E-state index in [2.05, 4.69) is 19.2 Å². The molecule has 17 heavy (non-hydrogen) atoms. The first-order valence-electron chi connectivity index (χ1n) is 5.96. The van der Waals surface area contributed by atoms with E-state index < -0.39 is 0 Å². The van der Waals surface area contributed by atoms with E-state index in [4.69, 9.17) is 0 Å². The van der Waals surface area contributed by atoms with Crippen molar-refractivity contribution in [3.05, 3.63) is 29.8 Å². The number of amides is 1. The Balaban J connectivity index is 2.56. The maximum absolute atomic E-state index is 11.1. The van der Waals surface area contributed by atoms with E-state index in [0.29, 0.717) is 6.42 Å². The van der Waals surface area contributed by atoms with Gasteiger partial charge in [-0.2, -0.15) is 0 Å². The molecule has 3 heteroatoms. The quantitative estimate of drug-likeness (QED) is 0.824. The lowest BCUT2D eigenvalue weighted by Gasteiger charge is -2.25. The van der Waals surface area contributed by atoms with Gasteiger partial charge in [-0.3, -0.25) is 4.79 Å². The first-order chi connectivity index (χ1) is 7.95. The Morgan fingerprint density at radius 3 is 2.41 bits per heavy atom. The first-order valence-corrected chi connectivity index (χ1v) is 5.96. The fourth-order valence-electron chi connectivity index (χ4n) is 1.87. The Labute approximate surface area is 103 Å². The predicted molar refractivity (Wildman–Crippen MR) is 69.1 cm³/mol. The number of nitrogens with one attached hydrogen (secondary N) is 1. The van der Waals surface area contributed by atoms with Crippen LogP contribution in [0.5, 0.6) is 5.75 Å². The van der Waals surface area contributed by atoms with Gasteiger partial charge in [0, 0.05) is 13.5 Å². The maximum Gasteiger partial charge on any atom is 0.219 e. The highest BCUT2D eigenvalue weighted by Crippen LogP contribution is 2.29. The third kappa shape index (κ3) is 4.10. The average molecular weight is 235 g/mol. The van der Waals surface area contributed by atoms with Gasteiger partial charge < -0.3 is 10.4 Å². The number of phenolic OH excluding ortho intramolecular Hbond substituents is 1. The SMILES string of the molecule is CNC(=O)CCCC(C)(C)c1ccc(O)cc1. The van der Waals surface area contributed by atoms with Crippen molar-refractivity contribution in [3.8, 4) is 5.75 Å². The summed E-state index contributed by atoms with van der Waals surface area (Å²) in [6.45, 7) is 4.31. The summed E-state index contributed by atoms with van der Waals surface area (Å²) in [4.78, 5) is 11.1. The molecule has 1 aromatic carbocycles. The van der Waals surface area contributed by atoms with Crippen LogP contribution in [0, 0.1) is 0 Å². The van der Waals surface area contributed by atoms with Crippen molar-refractivity contribution in [2.45, 2.75) is 38.5 Å². The molecular weight excluding hydrogens is 214 g/mol. The summed E-state index contributed by atoms with van der Waals surface area (Å²) in [6.07, 6.45) is 2.39. The van der Waals surface area contributed by atoms with Gasteiger partial charge in [-0.05, 0) is 36.0 Å². The number of hydrogen-bond acceptors (Lipinski definition) is 2. The number of aromatic hydroxyl groups is 1. The van der Waals surface area contributed by atoms with Crippen LogP contribution in [0.25, 0.3) is 0 Å². The molecule has 0 heterocycles. The second-order valence-corrected chi connectivity index (χ2v) is 4.96. The zero-order valence-corrected chi connectivity index (χ0v) is 10.8. The molecule has 1 amide bonds. The van der Waals surface area contributed by atoms with Crippen LogP contribution in [0.3, 0.4) is 0 Å². The Hall–Kier alpha value is -1.51. The summed E-state index contributed by atoms with van der Waals surface area (Å²) in [7, 11) is 1.66. The monoisotopic (exact) mass is 235 g/mol. The molecule has 94 valence electrons. The summed E-state index contributed by atoms with van der Waals surface area (Å²) < 4.78 is 0. The molecule has 0 spiro atoms. The van der Waals surface area contributed by atoms with E-state index in [1.165, 1.54) is 5.56 Å². The van der Waals surface area contributed by atoms with E-state index in [1.54, 1.807) is 19.2 Å². The van der Waals surface area contributed by atoms with Crippen molar-refractivity contribution in [2.24, 2.45) is 0 Å². The summed E-state index contributed by atoms with van der Waals surface area (Å²) in [5, 5.41) is 11.9. The van der Waals surface area contributed by atoms with Crippen LogP contribution in [-0.2, 0) is 10.2 Å². The lowest BCUT2D eigenvalue weighted by atomic mass is 9.80. The van der Waals surface area contributed by atoms with E-state index in [0.717, 1.165) is 12.8 Å². The van der Waals surface area contributed by atoms with Crippen LogP contribution in [0.4, 0.5) is 0 Å². The Morgan fingerprint density at radius 2 is 1.88 bits per heavy atom. The lowest BCUT2D eigenvalue weighted by Crippen LogP contribution is -2.20. The minimum Gasteiger partial charge on any atom is -0.508 e. The first kappa shape index (κ1) is 13.6. The van der Waals surface area contributed by atoms with Crippen LogP contribution in [-0.4, -0.2) is 18.1 Å². The Kier molecular flexibility index (Phi) is 4.55. The van der Waals surface area contributed by atoms with Crippen LogP contribution in [0.1, 0.15) is 38.7 Å². The van der Waals surface area contributed by atoms with Crippen molar-refractivity contribution < 1.29 is 9.90 Å². The second kappa shape index (κ2) is 5.71. The molecule has 2 N–H and O–H groups in total. The molecule has 0 saturated carbocycles. The third-order valence-corrected chi connectivity index (χ3v) is 3.13. The standard InChI is InChI=1S/C14H21NO2/c1-14(2,10-4-5-13(17)15-3)11-6-8-12(16)9-7-11/h6-9,16H,4-5,10H2,1-3H3,(H,15,17). The van der Waals surface area contributed by atoms with Gasteiger partial charge in [0.25, 0.3) is 0 Å². The molecule has 0 aromatic heterocycles. The fraction of sp³-hybridized carbons (Fsp3) is 0.500. The lowest BCUT2D eigenvalue weighted by molar-refractivity contribution is -0.120. The molecule has 0 aliphatic carbocycles. The number of phenols is 1. The topological polar surface area (TPSA) is 49.3 Å². The van der Waals surface area contributed by atoms with Crippen molar-refractivity contribution in [1.82, 2.24) is 5.32 Å². The van der Waals surface area contributed by atoms with Gasteiger partial charge in [-0.25, -0.2) is 0 Å². The van der Waals surface area contributed by atoms with Gasteiger partial charge in [0.05, 0.1) is 0 Å². The smallest absolute Gasteiger partial charge is 0.219 e. The van der Waals surface area contributed by atoms with Gasteiger partial charge in [0.1, 0.15) is 5.75 Å². The summed E-state index contributed by atoms with van der Waals surface area (Å²) in [5.41, 5.74) is 1.22. The van der Waals surface area contributed by atoms with E-state index in [-0.39, 0.29) is 17.1 Å². The van der Waals surface area contributed by atoms with Crippen molar-refractivity contribution >= 4 is 5.91 Å². The highest BCUT2D eigenvalue weighted by molar-refractivity contribution is 5.75. The largest absolute Gasteiger partial charge is 0.508 e. The minimum atomic E-state index is 0.0295. The van der Waals surface area contributed by atoms with Crippen LogP contribution in [0.15, 0.2) is 24.3 Å². The zero-order valence-electron chi connectivity index (χ0n) is 10.8. The summed E-state index contributed by atoms with van der Waals surface area (Å²) >= 11 is 0. The molecule has 1 aromatic rings. The molecule has 0 radical (unpaired) electrons. The number of carbonyl (C=O) groups excluding carboxylic acids is 1. The zero-order chi connectivity index (χ0) is 12.9. The summed E-state index contributed by atoms with van der Waals surface area (Å²) in [6, 6.07) is 7.29. The molecule has 0 bridgehead atoms. The van der Waals surface area contributed by atoms with Crippen molar-refractivity contribution in [2.75, 3.05) is 7.05 Å². The third-order valence-electron chi connectivity index (χ3n) is 3.13. The molecule has 0 atom stereocenters. The molecule has 0 unspecified atom stereocenters. The van der Waals surface area contributed by atoms with E-state index in [9.17, 15) is 9.90 Å². The molecule has 3 nitrogen and oxygen atoms in total. The van der Waals surface area contributed by atoms with Crippen molar-refractivity contribution in [1.29, 1.82) is 0 Å². The molecular formula is C14H21NO2. The number of hydrogen-bond donors (Lipinski definition) is 2. The maximum atomic E-state index is 11.1. The molecule has 0 saturated heterocycles. The van der Waals surface area contributed by atoms with Gasteiger partial charge in [-0.15, -0.1) is 0 Å². The summed E-state index contributed by atoms with van der Waals surface area (Å²) in [5.74, 6) is 0.376. The fourth-order valence-corrected chi connectivity index (χ4v) is 1.87. The molecule has 0 fully saturated rings. The second-order valence-electron chi connectivity index (χ2n) is 4.96. The van der Waals surface area contributed by atoms with Crippen LogP contribution < -0.4 is 5.32 Å². The van der Waals surface area contributed by atoms with Gasteiger partial charge in [0.2, 0.25) is 5.91 Å². The van der Waals surface area contributed by atoms with E-state index in [1.807, 2.05) is 12.1 Å². The van der Waals surface area contributed by atoms with E-state index >= 15 is 0 Å². The Morgan fingerprint density at radius 1 is 1.29 bits per heavy atom. The Bertz CT molecular complexity index is 368.